The van der Waals surface area contributed by atoms with Crippen LogP contribution >= 0.6 is 31.9 Å². The van der Waals surface area contributed by atoms with Gasteiger partial charge < -0.3 is 10.1 Å². The molecule has 5 nitrogen and oxygen atoms in total. The lowest BCUT2D eigenvalue weighted by molar-refractivity contribution is -0.123. The number of aryl methyl sites for hydroxylation is 1. The Morgan fingerprint density at radius 3 is 2.47 bits per heavy atom. The predicted octanol–water partition coefficient (Wildman–Crippen LogP) is 6.19. The molecular formula is C25H20Br2N2O3. The van der Waals surface area contributed by atoms with E-state index in [1.165, 1.54) is 4.90 Å². The van der Waals surface area contributed by atoms with Crippen molar-refractivity contribution in [1.29, 1.82) is 0 Å². The van der Waals surface area contributed by atoms with E-state index in [2.05, 4.69) is 37.2 Å². The van der Waals surface area contributed by atoms with E-state index in [-0.39, 0.29) is 18.1 Å². The molecule has 0 unspecified atom stereocenters. The molecule has 1 N–H and O–H groups in total. The fraction of sp³-hybridized carbons (Fsp3) is 0.120. The van der Waals surface area contributed by atoms with Gasteiger partial charge in [-0.1, -0.05) is 64.0 Å². The molecule has 3 aromatic rings. The van der Waals surface area contributed by atoms with Crippen LogP contribution in [0, 0.1) is 6.92 Å². The minimum absolute atomic E-state index is 0.232. The summed E-state index contributed by atoms with van der Waals surface area (Å²) in [6, 6.07) is 20.8. The summed E-state index contributed by atoms with van der Waals surface area (Å²) in [6.07, 6.45) is 1.67. The number of hydrogen-bond acceptors (Lipinski definition) is 3. The number of carbonyl (C=O) groups is 2. The van der Waals surface area contributed by atoms with E-state index < -0.39 is 6.03 Å². The molecule has 1 aliphatic rings. The summed E-state index contributed by atoms with van der Waals surface area (Å²) in [5.74, 6) is 0.348. The Morgan fingerprint density at radius 2 is 1.75 bits per heavy atom. The smallest absolute Gasteiger partial charge is 0.329 e. The van der Waals surface area contributed by atoms with Crippen molar-refractivity contribution >= 4 is 49.9 Å². The van der Waals surface area contributed by atoms with Gasteiger partial charge in [0.05, 0.1) is 11.0 Å². The Hall–Kier alpha value is -2.90. The quantitative estimate of drug-likeness (QED) is 0.291. The number of benzene rings is 3. The Kier molecular flexibility index (Phi) is 6.77. The molecule has 0 aliphatic carbocycles. The van der Waals surface area contributed by atoms with Crippen LogP contribution in [0.4, 0.5) is 4.79 Å². The highest BCUT2D eigenvalue weighted by Crippen LogP contribution is 2.28. The van der Waals surface area contributed by atoms with Gasteiger partial charge in [-0.2, -0.15) is 0 Å². The Balaban J connectivity index is 1.45. The second kappa shape index (κ2) is 9.71. The molecule has 0 bridgehead atoms. The van der Waals surface area contributed by atoms with E-state index >= 15 is 0 Å². The van der Waals surface area contributed by atoms with Gasteiger partial charge in [-0.25, -0.2) is 4.79 Å². The molecule has 0 aromatic heterocycles. The number of rotatable bonds is 6. The highest BCUT2D eigenvalue weighted by Gasteiger charge is 2.33. The molecule has 32 heavy (non-hydrogen) atoms. The molecule has 7 heteroatoms. The van der Waals surface area contributed by atoms with Gasteiger partial charge in [0.2, 0.25) is 0 Å². The summed E-state index contributed by atoms with van der Waals surface area (Å²) >= 11 is 6.95. The number of carbonyl (C=O) groups excluding carboxylic acids is 2. The second-order valence-corrected chi connectivity index (χ2v) is 9.24. The number of ether oxygens (including phenoxy) is 1. The van der Waals surface area contributed by atoms with Crippen LogP contribution in [0.1, 0.15) is 22.3 Å². The van der Waals surface area contributed by atoms with Crippen molar-refractivity contribution in [3.8, 4) is 5.75 Å². The van der Waals surface area contributed by atoms with Gasteiger partial charge >= 0.3 is 6.03 Å². The van der Waals surface area contributed by atoms with Crippen molar-refractivity contribution in [1.82, 2.24) is 10.2 Å². The van der Waals surface area contributed by atoms with Crippen LogP contribution in [0.2, 0.25) is 0 Å². The molecule has 0 saturated carbocycles. The third-order valence-electron chi connectivity index (χ3n) is 4.96. The lowest BCUT2D eigenvalue weighted by Gasteiger charge is -2.12. The Morgan fingerprint density at radius 1 is 0.969 bits per heavy atom. The number of nitrogens with zero attached hydrogens (tertiary/aromatic N) is 1. The molecule has 0 spiro atoms. The first-order valence-corrected chi connectivity index (χ1v) is 11.5. The van der Waals surface area contributed by atoms with Crippen LogP contribution < -0.4 is 10.1 Å². The maximum absolute atomic E-state index is 12.8. The van der Waals surface area contributed by atoms with Crippen molar-refractivity contribution in [3.63, 3.8) is 0 Å². The van der Waals surface area contributed by atoms with Gasteiger partial charge in [-0.15, -0.1) is 0 Å². The van der Waals surface area contributed by atoms with Gasteiger partial charge in [0.25, 0.3) is 5.91 Å². The van der Waals surface area contributed by atoms with Crippen molar-refractivity contribution in [2.24, 2.45) is 0 Å². The van der Waals surface area contributed by atoms with E-state index in [0.717, 1.165) is 31.2 Å². The zero-order chi connectivity index (χ0) is 22.7. The number of imide groups is 1. The van der Waals surface area contributed by atoms with E-state index in [1.54, 1.807) is 6.08 Å². The van der Waals surface area contributed by atoms with E-state index in [1.807, 2.05) is 73.7 Å². The van der Waals surface area contributed by atoms with Crippen LogP contribution in [-0.4, -0.2) is 16.8 Å². The fourth-order valence-corrected chi connectivity index (χ4v) is 4.12. The first kappa shape index (κ1) is 22.3. The summed E-state index contributed by atoms with van der Waals surface area (Å²) < 4.78 is 7.67. The summed E-state index contributed by atoms with van der Waals surface area (Å²) in [5.41, 5.74) is 4.06. The highest BCUT2D eigenvalue weighted by atomic mass is 79.9. The third-order valence-corrected chi connectivity index (χ3v) is 6.11. The standard InChI is InChI=1S/C25H20Br2N2O3/c1-16-3-2-4-19(11-16)14-29-24(30)22(28-25(29)31)13-18-7-10-23(21(27)12-18)32-15-17-5-8-20(26)9-6-17/h2-13H,14-15H2,1H3,(H,28,31)/b22-13+. The highest BCUT2D eigenvalue weighted by molar-refractivity contribution is 9.10. The molecule has 3 amide bonds. The number of urea groups is 1. The minimum atomic E-state index is -0.420. The first-order valence-electron chi connectivity index (χ1n) is 9.96. The number of halogens is 2. The average Bonchev–Trinajstić information content (AvgIpc) is 3.02. The molecule has 1 aliphatic heterocycles. The lowest BCUT2D eigenvalue weighted by Crippen LogP contribution is -2.30. The van der Waals surface area contributed by atoms with Crippen LogP contribution in [0.3, 0.4) is 0 Å². The van der Waals surface area contributed by atoms with Gasteiger partial charge in [0.1, 0.15) is 18.1 Å². The average molecular weight is 556 g/mol. The zero-order valence-corrected chi connectivity index (χ0v) is 20.4. The molecule has 0 atom stereocenters. The van der Waals surface area contributed by atoms with Crippen LogP contribution in [0.5, 0.6) is 5.75 Å². The predicted molar refractivity (Wildman–Crippen MR) is 131 cm³/mol. The van der Waals surface area contributed by atoms with E-state index in [9.17, 15) is 9.59 Å². The molecule has 1 heterocycles. The topological polar surface area (TPSA) is 58.6 Å². The minimum Gasteiger partial charge on any atom is -0.488 e. The van der Waals surface area contributed by atoms with Crippen LogP contribution in [0.25, 0.3) is 6.08 Å². The summed E-state index contributed by atoms with van der Waals surface area (Å²) in [4.78, 5) is 26.4. The monoisotopic (exact) mass is 554 g/mol. The molecular weight excluding hydrogens is 536 g/mol. The fourth-order valence-electron chi connectivity index (χ4n) is 3.34. The van der Waals surface area contributed by atoms with Gasteiger partial charge in [-0.3, -0.25) is 9.69 Å². The van der Waals surface area contributed by atoms with Crippen molar-refractivity contribution < 1.29 is 14.3 Å². The van der Waals surface area contributed by atoms with Crippen molar-refractivity contribution in [2.75, 3.05) is 0 Å². The molecule has 162 valence electrons. The molecule has 3 aromatic carbocycles. The molecule has 1 fully saturated rings. The zero-order valence-electron chi connectivity index (χ0n) is 17.3. The second-order valence-electron chi connectivity index (χ2n) is 7.47. The van der Waals surface area contributed by atoms with Gasteiger partial charge in [0, 0.05) is 4.47 Å². The SMILES string of the molecule is Cc1cccc(CN2C(=O)N/C(=C/c3ccc(OCc4ccc(Br)cc4)c(Br)c3)C2=O)c1. The number of hydrogen-bond donors (Lipinski definition) is 1. The summed E-state index contributed by atoms with van der Waals surface area (Å²) in [7, 11) is 0. The van der Waals surface area contributed by atoms with Gasteiger partial charge in [-0.05, 0) is 69.9 Å². The Labute approximate surface area is 203 Å². The summed E-state index contributed by atoms with van der Waals surface area (Å²) in [6.45, 7) is 2.65. The van der Waals surface area contributed by atoms with Gasteiger partial charge in [0.15, 0.2) is 0 Å². The molecule has 0 radical (unpaired) electrons. The van der Waals surface area contributed by atoms with Crippen molar-refractivity contribution in [3.05, 3.63) is 104 Å². The largest absolute Gasteiger partial charge is 0.488 e. The van der Waals surface area contributed by atoms with Crippen LogP contribution in [0.15, 0.2) is 81.4 Å². The Bertz CT molecular complexity index is 1210. The number of amides is 3. The van der Waals surface area contributed by atoms with E-state index in [0.29, 0.717) is 12.4 Å². The van der Waals surface area contributed by atoms with E-state index in [4.69, 9.17) is 4.74 Å². The van der Waals surface area contributed by atoms with Crippen molar-refractivity contribution in [2.45, 2.75) is 20.1 Å². The first-order chi connectivity index (χ1) is 15.4. The molecule has 1 saturated heterocycles. The number of nitrogens with one attached hydrogen (secondary N) is 1. The summed E-state index contributed by atoms with van der Waals surface area (Å²) in [5, 5.41) is 2.67. The maximum Gasteiger partial charge on any atom is 0.329 e. The molecule has 4 rings (SSSR count). The third kappa shape index (κ3) is 5.29. The normalized spacial score (nSPS) is 14.7. The lowest BCUT2D eigenvalue weighted by atomic mass is 10.1. The van der Waals surface area contributed by atoms with Crippen LogP contribution in [-0.2, 0) is 17.9 Å². The maximum atomic E-state index is 12.8.